The summed E-state index contributed by atoms with van der Waals surface area (Å²) in [6, 6.07) is 0.334. The maximum Gasteiger partial charge on any atom is 0.410 e. The lowest BCUT2D eigenvalue weighted by molar-refractivity contribution is -0.137. The minimum Gasteiger partial charge on any atom is -0.444 e. The molecule has 0 aromatic heterocycles. The third kappa shape index (κ3) is 5.24. The van der Waals surface area contributed by atoms with E-state index >= 15 is 0 Å². The van der Waals surface area contributed by atoms with Crippen molar-refractivity contribution in [2.45, 2.75) is 64.1 Å². The Kier molecular flexibility index (Phi) is 6.75. The lowest BCUT2D eigenvalue weighted by atomic mass is 9.98. The highest BCUT2D eigenvalue weighted by molar-refractivity contribution is 6.27. The molecule has 2 saturated heterocycles. The van der Waals surface area contributed by atoms with Crippen molar-refractivity contribution in [2.75, 3.05) is 32.2 Å². The van der Waals surface area contributed by atoms with Gasteiger partial charge in [0.25, 0.3) is 0 Å². The molecule has 138 valence electrons. The Balaban J connectivity index is 1.94. The maximum absolute atomic E-state index is 12.4. The summed E-state index contributed by atoms with van der Waals surface area (Å²) in [5.41, 5.74) is -0.489. The summed E-state index contributed by atoms with van der Waals surface area (Å²) in [4.78, 5) is 28.2. The number of carbonyl (C=O) groups is 2. The molecule has 2 amide bonds. The minimum atomic E-state index is -0.489. The van der Waals surface area contributed by atoms with E-state index in [1.54, 1.807) is 4.90 Å². The van der Waals surface area contributed by atoms with Gasteiger partial charge < -0.3 is 19.3 Å². The summed E-state index contributed by atoms with van der Waals surface area (Å²) in [6.45, 7) is 8.18. The Morgan fingerprint density at radius 2 is 1.67 bits per heavy atom. The van der Waals surface area contributed by atoms with Crippen LogP contribution in [0.5, 0.6) is 0 Å². The van der Waals surface area contributed by atoms with Gasteiger partial charge in [-0.1, -0.05) is 0 Å². The smallest absolute Gasteiger partial charge is 0.410 e. The Morgan fingerprint density at radius 3 is 2.17 bits per heavy atom. The topological polar surface area (TPSA) is 59.1 Å². The number of halogens is 1. The summed E-state index contributed by atoms with van der Waals surface area (Å²) >= 11 is 5.83. The molecule has 0 aromatic rings. The summed E-state index contributed by atoms with van der Waals surface area (Å²) in [5.74, 6) is -0.0109. The molecule has 7 heteroatoms. The number of carbonyl (C=O) groups excluding carboxylic acids is 2. The van der Waals surface area contributed by atoms with Gasteiger partial charge in [0.2, 0.25) is 5.91 Å². The van der Waals surface area contributed by atoms with E-state index in [0.29, 0.717) is 26.3 Å². The number of hydrogen-bond donors (Lipinski definition) is 0. The second-order valence-corrected chi connectivity index (χ2v) is 7.74. The predicted octanol–water partition coefficient (Wildman–Crippen LogP) is 2.63. The Hall–Kier alpha value is -1.01. The molecule has 2 aliphatic heterocycles. The summed E-state index contributed by atoms with van der Waals surface area (Å²) in [5, 5.41) is 0. The molecule has 0 bridgehead atoms. The van der Waals surface area contributed by atoms with Crippen molar-refractivity contribution < 1.29 is 19.1 Å². The fourth-order valence-corrected chi connectivity index (χ4v) is 3.53. The first-order chi connectivity index (χ1) is 11.3. The Bertz CT molecular complexity index is 438. The van der Waals surface area contributed by atoms with Gasteiger partial charge in [-0.25, -0.2) is 4.79 Å². The van der Waals surface area contributed by atoms with Crippen LogP contribution < -0.4 is 0 Å². The molecule has 24 heavy (non-hydrogen) atoms. The zero-order chi connectivity index (χ0) is 17.7. The van der Waals surface area contributed by atoms with Gasteiger partial charge in [0, 0.05) is 38.4 Å². The molecule has 0 saturated carbocycles. The van der Waals surface area contributed by atoms with Gasteiger partial charge in [-0.2, -0.15) is 0 Å². The zero-order valence-electron chi connectivity index (χ0n) is 14.9. The molecule has 0 radical (unpaired) electrons. The third-order valence-electron chi connectivity index (χ3n) is 4.50. The molecule has 0 unspecified atom stereocenters. The average molecular weight is 361 g/mol. The van der Waals surface area contributed by atoms with Crippen molar-refractivity contribution in [1.82, 2.24) is 9.80 Å². The van der Waals surface area contributed by atoms with E-state index in [9.17, 15) is 9.59 Å². The van der Waals surface area contributed by atoms with Crippen LogP contribution in [-0.4, -0.2) is 71.7 Å². The number of alkyl halides is 1. The van der Waals surface area contributed by atoms with Crippen molar-refractivity contribution in [3.8, 4) is 0 Å². The second kappa shape index (κ2) is 8.39. The van der Waals surface area contributed by atoms with Gasteiger partial charge in [-0.3, -0.25) is 4.79 Å². The van der Waals surface area contributed by atoms with Crippen LogP contribution >= 0.6 is 11.6 Å². The molecular weight excluding hydrogens is 332 g/mol. The fourth-order valence-electron chi connectivity index (χ4n) is 3.39. The van der Waals surface area contributed by atoms with Crippen LogP contribution in [0.2, 0.25) is 0 Å². The number of amides is 2. The van der Waals surface area contributed by atoms with Crippen LogP contribution in [-0.2, 0) is 14.3 Å². The normalized spacial score (nSPS) is 20.8. The molecule has 0 aromatic carbocycles. The van der Waals surface area contributed by atoms with Crippen LogP contribution in [0, 0.1) is 0 Å². The monoisotopic (exact) mass is 360 g/mol. The molecule has 0 aliphatic carbocycles. The highest BCUT2D eigenvalue weighted by atomic mass is 35.5. The largest absolute Gasteiger partial charge is 0.444 e. The molecule has 0 N–H and O–H groups in total. The maximum atomic E-state index is 12.4. The van der Waals surface area contributed by atoms with E-state index in [1.165, 1.54) is 0 Å². The molecule has 2 rings (SSSR count). The highest BCUT2D eigenvalue weighted by Crippen LogP contribution is 2.25. The first kappa shape index (κ1) is 19.3. The van der Waals surface area contributed by atoms with Crippen molar-refractivity contribution in [3.05, 3.63) is 0 Å². The van der Waals surface area contributed by atoms with Gasteiger partial charge in [0.05, 0.1) is 0 Å². The van der Waals surface area contributed by atoms with Crippen LogP contribution in [0.3, 0.4) is 0 Å². The number of likely N-dealkylation sites (tertiary alicyclic amines) is 1. The molecule has 0 atom stereocenters. The Morgan fingerprint density at radius 1 is 1.12 bits per heavy atom. The van der Waals surface area contributed by atoms with Crippen molar-refractivity contribution >= 4 is 23.6 Å². The van der Waals surface area contributed by atoms with E-state index in [-0.39, 0.29) is 30.0 Å². The average Bonchev–Trinajstić information content (AvgIpc) is 2.55. The number of hydrogen-bond acceptors (Lipinski definition) is 4. The van der Waals surface area contributed by atoms with Gasteiger partial charge in [0.1, 0.15) is 11.5 Å². The molecule has 0 spiro atoms. The predicted molar refractivity (Wildman–Crippen MR) is 92.2 cm³/mol. The highest BCUT2D eigenvalue weighted by Gasteiger charge is 2.35. The van der Waals surface area contributed by atoms with Crippen LogP contribution in [0.1, 0.15) is 46.5 Å². The van der Waals surface area contributed by atoms with Crippen molar-refractivity contribution in [1.29, 1.82) is 0 Å². The fraction of sp³-hybridized carbons (Fsp3) is 0.882. The summed E-state index contributed by atoms with van der Waals surface area (Å²) < 4.78 is 10.8. The standard InChI is InChI=1S/C17H29ClN2O4/c1-17(2,3)24-16(22)19-8-4-13(5-9-19)20(15(21)12-18)14-6-10-23-11-7-14/h13-14H,4-12H2,1-3H3. The second-order valence-electron chi connectivity index (χ2n) is 7.48. The van der Waals surface area contributed by atoms with Gasteiger partial charge in [0.15, 0.2) is 0 Å². The Labute approximate surface area is 149 Å². The summed E-state index contributed by atoms with van der Waals surface area (Å²) in [7, 11) is 0. The van der Waals surface area contributed by atoms with Gasteiger partial charge in [-0.05, 0) is 46.5 Å². The molecular formula is C17H29ClN2O4. The van der Waals surface area contributed by atoms with E-state index < -0.39 is 5.60 Å². The third-order valence-corrected chi connectivity index (χ3v) is 4.72. The molecule has 2 aliphatic rings. The number of nitrogens with zero attached hydrogens (tertiary/aromatic N) is 2. The number of rotatable bonds is 3. The van der Waals surface area contributed by atoms with Gasteiger partial charge in [-0.15, -0.1) is 11.6 Å². The quantitative estimate of drug-likeness (QED) is 0.726. The van der Waals surface area contributed by atoms with Crippen LogP contribution in [0.25, 0.3) is 0 Å². The van der Waals surface area contributed by atoms with Crippen LogP contribution in [0.4, 0.5) is 4.79 Å². The van der Waals surface area contributed by atoms with Crippen molar-refractivity contribution in [2.24, 2.45) is 0 Å². The summed E-state index contributed by atoms with van der Waals surface area (Å²) in [6.07, 6.45) is 2.96. The molecule has 2 fully saturated rings. The number of ether oxygens (including phenoxy) is 2. The molecule has 6 nitrogen and oxygen atoms in total. The number of piperidine rings is 1. The molecule has 2 heterocycles. The van der Waals surface area contributed by atoms with Gasteiger partial charge >= 0.3 is 6.09 Å². The zero-order valence-corrected chi connectivity index (χ0v) is 15.7. The lowest BCUT2D eigenvalue weighted by Gasteiger charge is -2.43. The lowest BCUT2D eigenvalue weighted by Crippen LogP contribution is -2.54. The van der Waals surface area contributed by atoms with E-state index in [0.717, 1.165) is 25.7 Å². The van der Waals surface area contributed by atoms with Crippen molar-refractivity contribution in [3.63, 3.8) is 0 Å². The SMILES string of the molecule is CC(C)(C)OC(=O)N1CCC(N(C(=O)CCl)C2CCOCC2)CC1. The first-order valence-electron chi connectivity index (χ1n) is 8.74. The van der Waals surface area contributed by atoms with E-state index in [2.05, 4.69) is 0 Å². The minimum absolute atomic E-state index is 0.00361. The first-order valence-corrected chi connectivity index (χ1v) is 9.28. The van der Waals surface area contributed by atoms with E-state index in [1.807, 2.05) is 25.7 Å². The van der Waals surface area contributed by atoms with E-state index in [4.69, 9.17) is 21.1 Å². The van der Waals surface area contributed by atoms with Crippen LogP contribution in [0.15, 0.2) is 0 Å².